The van der Waals surface area contributed by atoms with E-state index in [-0.39, 0.29) is 37.8 Å². The SMILES string of the molecule is Cc1c([C@H](C)C(=O)O)c2c(F)c(O)c(F)cc2n1C(=O)c1ccc(Cl)c(Cl)c1. The number of nitrogens with zero attached hydrogens (tertiary/aromatic N) is 1. The van der Waals surface area contributed by atoms with E-state index in [1.54, 1.807) is 0 Å². The maximum Gasteiger partial charge on any atom is 0.310 e. The lowest BCUT2D eigenvalue weighted by molar-refractivity contribution is -0.138. The smallest absolute Gasteiger partial charge is 0.310 e. The van der Waals surface area contributed by atoms with Gasteiger partial charge in [0, 0.05) is 22.7 Å². The van der Waals surface area contributed by atoms with Crippen molar-refractivity contribution in [3.8, 4) is 5.75 Å². The Morgan fingerprint density at radius 3 is 2.36 bits per heavy atom. The number of hydrogen-bond donors (Lipinski definition) is 2. The first kappa shape index (κ1) is 20.1. The molecule has 1 atom stereocenters. The van der Waals surface area contributed by atoms with E-state index < -0.39 is 35.2 Å². The van der Waals surface area contributed by atoms with Crippen molar-refractivity contribution < 1.29 is 28.6 Å². The van der Waals surface area contributed by atoms with Gasteiger partial charge < -0.3 is 10.2 Å². The summed E-state index contributed by atoms with van der Waals surface area (Å²) in [6.07, 6.45) is 0. The molecule has 0 radical (unpaired) electrons. The highest BCUT2D eigenvalue weighted by Gasteiger charge is 2.30. The molecule has 3 aromatic rings. The van der Waals surface area contributed by atoms with E-state index in [1.165, 1.54) is 32.0 Å². The molecule has 1 heterocycles. The molecule has 0 spiro atoms. The molecule has 28 heavy (non-hydrogen) atoms. The molecular formula is C19H13Cl2F2NO4. The number of aromatic hydroxyl groups is 1. The molecule has 0 fully saturated rings. The number of fused-ring (bicyclic) bond motifs is 1. The van der Waals surface area contributed by atoms with Crippen LogP contribution in [0.1, 0.15) is 34.5 Å². The van der Waals surface area contributed by atoms with Crippen molar-refractivity contribution >= 4 is 46.0 Å². The average molecular weight is 428 g/mol. The highest BCUT2D eigenvalue weighted by Crippen LogP contribution is 2.38. The van der Waals surface area contributed by atoms with Crippen molar-refractivity contribution in [3.63, 3.8) is 0 Å². The number of carbonyl (C=O) groups is 2. The molecule has 0 amide bonds. The van der Waals surface area contributed by atoms with Gasteiger partial charge in [-0.05, 0) is 37.6 Å². The molecule has 0 bridgehead atoms. The van der Waals surface area contributed by atoms with Crippen LogP contribution in [0.4, 0.5) is 8.78 Å². The highest BCUT2D eigenvalue weighted by molar-refractivity contribution is 6.42. The van der Waals surface area contributed by atoms with E-state index in [1.807, 2.05) is 0 Å². The first-order valence-electron chi connectivity index (χ1n) is 8.00. The van der Waals surface area contributed by atoms with Crippen LogP contribution < -0.4 is 0 Å². The van der Waals surface area contributed by atoms with Gasteiger partial charge in [-0.1, -0.05) is 23.2 Å². The first-order valence-corrected chi connectivity index (χ1v) is 8.76. The highest BCUT2D eigenvalue weighted by atomic mass is 35.5. The normalized spacial score (nSPS) is 12.4. The van der Waals surface area contributed by atoms with E-state index in [4.69, 9.17) is 23.2 Å². The molecule has 146 valence electrons. The van der Waals surface area contributed by atoms with Crippen molar-refractivity contribution in [1.29, 1.82) is 0 Å². The molecule has 3 rings (SSSR count). The van der Waals surface area contributed by atoms with Gasteiger partial charge in [0.1, 0.15) is 0 Å². The number of carbonyl (C=O) groups excluding carboxylic acids is 1. The molecule has 2 aromatic carbocycles. The van der Waals surface area contributed by atoms with Crippen molar-refractivity contribution in [2.24, 2.45) is 0 Å². The van der Waals surface area contributed by atoms with E-state index in [9.17, 15) is 28.6 Å². The number of benzene rings is 2. The zero-order chi connectivity index (χ0) is 20.9. The van der Waals surface area contributed by atoms with E-state index in [2.05, 4.69) is 0 Å². The lowest BCUT2D eigenvalue weighted by Gasteiger charge is -2.10. The van der Waals surface area contributed by atoms with Gasteiger partial charge in [-0.3, -0.25) is 14.2 Å². The molecule has 2 N–H and O–H groups in total. The fourth-order valence-electron chi connectivity index (χ4n) is 3.18. The van der Waals surface area contributed by atoms with E-state index >= 15 is 0 Å². The average Bonchev–Trinajstić information content (AvgIpc) is 2.92. The molecular weight excluding hydrogens is 415 g/mol. The van der Waals surface area contributed by atoms with Crippen molar-refractivity contribution in [2.75, 3.05) is 0 Å². The second-order valence-electron chi connectivity index (χ2n) is 6.24. The molecule has 0 saturated heterocycles. The fraction of sp³-hybridized carbons (Fsp3) is 0.158. The van der Waals surface area contributed by atoms with Gasteiger partial charge in [-0.15, -0.1) is 0 Å². The summed E-state index contributed by atoms with van der Waals surface area (Å²) in [5.74, 6) is -7.03. The van der Waals surface area contributed by atoms with Gasteiger partial charge >= 0.3 is 5.97 Å². The topological polar surface area (TPSA) is 79.5 Å². The van der Waals surface area contributed by atoms with E-state index in [0.29, 0.717) is 0 Å². The third-order valence-corrected chi connectivity index (χ3v) is 5.32. The number of carboxylic acid groups (broad SMARTS) is 1. The molecule has 1 aromatic heterocycles. The summed E-state index contributed by atoms with van der Waals surface area (Å²) in [7, 11) is 0. The predicted molar refractivity (Wildman–Crippen MR) is 100 cm³/mol. The van der Waals surface area contributed by atoms with Gasteiger partial charge in [0.25, 0.3) is 5.91 Å². The number of hydrogen-bond acceptors (Lipinski definition) is 3. The van der Waals surface area contributed by atoms with Crippen molar-refractivity contribution in [2.45, 2.75) is 19.8 Å². The van der Waals surface area contributed by atoms with Crippen LogP contribution in [0.5, 0.6) is 5.75 Å². The van der Waals surface area contributed by atoms with Crippen LogP contribution in [-0.2, 0) is 4.79 Å². The second-order valence-corrected chi connectivity index (χ2v) is 7.06. The van der Waals surface area contributed by atoms with Crippen LogP contribution in [0.2, 0.25) is 10.0 Å². The summed E-state index contributed by atoms with van der Waals surface area (Å²) in [6.45, 7) is 2.72. The van der Waals surface area contributed by atoms with E-state index in [0.717, 1.165) is 10.6 Å². The molecule has 0 aliphatic heterocycles. The molecule has 0 unspecified atom stereocenters. The molecule has 0 aliphatic carbocycles. The maximum atomic E-state index is 14.7. The van der Waals surface area contributed by atoms with Gasteiger partial charge in [-0.2, -0.15) is 0 Å². The number of aliphatic carboxylic acids is 1. The van der Waals surface area contributed by atoms with Gasteiger partial charge in [0.15, 0.2) is 17.4 Å². The molecule has 0 aliphatic rings. The monoisotopic (exact) mass is 427 g/mol. The lowest BCUT2D eigenvalue weighted by atomic mass is 9.97. The Kier molecular flexibility index (Phi) is 5.08. The maximum absolute atomic E-state index is 14.7. The quantitative estimate of drug-likeness (QED) is 0.607. The molecule has 9 heteroatoms. The van der Waals surface area contributed by atoms with Crippen LogP contribution in [0.3, 0.4) is 0 Å². The Hall–Kier alpha value is -2.64. The first-order chi connectivity index (χ1) is 13.1. The number of halogens is 4. The number of rotatable bonds is 3. The minimum atomic E-state index is -1.33. The largest absolute Gasteiger partial charge is 0.503 e. The second kappa shape index (κ2) is 7.07. The predicted octanol–water partition coefficient (Wildman–Crippen LogP) is 5.12. The standard InChI is InChI=1S/C19H13Cl2F2NO4/c1-7(19(27)28)14-8(2)24(13-6-12(22)17(25)16(23)15(13)14)18(26)9-3-4-10(20)11(21)5-9/h3-7,25H,1-2H3,(H,27,28)/t7-/m0/s1. The zero-order valence-corrected chi connectivity index (χ0v) is 16.1. The number of aromatic nitrogens is 1. The Morgan fingerprint density at radius 1 is 1.14 bits per heavy atom. The van der Waals surface area contributed by atoms with Gasteiger partial charge in [-0.25, -0.2) is 8.78 Å². The van der Waals surface area contributed by atoms with Crippen LogP contribution >= 0.6 is 23.2 Å². The van der Waals surface area contributed by atoms with Crippen molar-refractivity contribution in [3.05, 3.63) is 62.8 Å². The Morgan fingerprint density at radius 2 is 1.79 bits per heavy atom. The minimum Gasteiger partial charge on any atom is -0.503 e. The summed E-state index contributed by atoms with van der Waals surface area (Å²) in [5, 5.41) is 19.0. The Balaban J connectivity index is 2.39. The summed E-state index contributed by atoms with van der Waals surface area (Å²) in [4.78, 5) is 24.6. The third-order valence-electron chi connectivity index (χ3n) is 4.58. The fourth-order valence-corrected chi connectivity index (χ4v) is 3.48. The van der Waals surface area contributed by atoms with Crippen molar-refractivity contribution in [1.82, 2.24) is 4.57 Å². The number of phenols is 1. The summed E-state index contributed by atoms with van der Waals surface area (Å²) >= 11 is 11.8. The Bertz CT molecular complexity index is 1160. The summed E-state index contributed by atoms with van der Waals surface area (Å²) < 4.78 is 29.7. The van der Waals surface area contributed by atoms with Gasteiger partial charge in [0.2, 0.25) is 0 Å². The number of carboxylic acids is 1. The lowest BCUT2D eigenvalue weighted by Crippen LogP contribution is -2.15. The van der Waals surface area contributed by atoms with Crippen LogP contribution in [0.15, 0.2) is 24.3 Å². The number of phenolic OH excluding ortho intramolecular Hbond substituents is 1. The zero-order valence-electron chi connectivity index (χ0n) is 14.6. The molecule has 5 nitrogen and oxygen atoms in total. The minimum absolute atomic E-state index is 0.0382. The van der Waals surface area contributed by atoms with Crippen LogP contribution in [0, 0.1) is 18.6 Å². The van der Waals surface area contributed by atoms with Crippen LogP contribution in [0.25, 0.3) is 10.9 Å². The third kappa shape index (κ3) is 3.00. The summed E-state index contributed by atoms with van der Waals surface area (Å²) in [6, 6.07) is 4.86. The van der Waals surface area contributed by atoms with Crippen LogP contribution in [-0.4, -0.2) is 26.7 Å². The van der Waals surface area contributed by atoms with Gasteiger partial charge in [0.05, 0.1) is 21.5 Å². The summed E-state index contributed by atoms with van der Waals surface area (Å²) in [5.41, 5.74) is -0.0594. The molecule has 0 saturated carbocycles. The Labute approximate surface area is 167 Å².